The summed E-state index contributed by atoms with van der Waals surface area (Å²) in [6, 6.07) is 16.0. The molecule has 4 heteroatoms. The molecule has 0 aliphatic rings. The Morgan fingerprint density at radius 2 is 1.68 bits per heavy atom. The second kappa shape index (κ2) is 8.32. The van der Waals surface area contributed by atoms with Crippen molar-refractivity contribution in [1.82, 2.24) is 10.6 Å². The number of ether oxygens (including phenoxy) is 1. The van der Waals surface area contributed by atoms with Gasteiger partial charge in [-0.2, -0.15) is 0 Å². The molecule has 116 valence electrons. The maximum Gasteiger partial charge on any atom is 0.251 e. The Balaban J connectivity index is 1.85. The van der Waals surface area contributed by atoms with E-state index in [1.54, 1.807) is 14.2 Å². The first-order chi connectivity index (χ1) is 10.7. The van der Waals surface area contributed by atoms with Crippen molar-refractivity contribution in [3.05, 3.63) is 70.8 Å². The first kappa shape index (κ1) is 16.2. The van der Waals surface area contributed by atoms with Gasteiger partial charge in [0.15, 0.2) is 0 Å². The third-order valence-corrected chi connectivity index (χ3v) is 3.40. The first-order valence-electron chi connectivity index (χ1n) is 7.31. The summed E-state index contributed by atoms with van der Waals surface area (Å²) in [5, 5.41) is 6.02. The smallest absolute Gasteiger partial charge is 0.251 e. The molecule has 0 unspecified atom stereocenters. The van der Waals surface area contributed by atoms with E-state index in [4.69, 9.17) is 4.74 Å². The van der Waals surface area contributed by atoms with Crippen molar-refractivity contribution in [3.63, 3.8) is 0 Å². The van der Waals surface area contributed by atoms with Crippen molar-refractivity contribution in [3.8, 4) is 0 Å². The van der Waals surface area contributed by atoms with Crippen LogP contribution in [-0.2, 0) is 24.4 Å². The Labute approximate surface area is 131 Å². The van der Waals surface area contributed by atoms with Gasteiger partial charge < -0.3 is 15.4 Å². The second-order valence-corrected chi connectivity index (χ2v) is 5.13. The molecule has 2 aromatic rings. The second-order valence-electron chi connectivity index (χ2n) is 5.13. The van der Waals surface area contributed by atoms with Gasteiger partial charge in [0.1, 0.15) is 0 Å². The van der Waals surface area contributed by atoms with Crippen molar-refractivity contribution < 1.29 is 9.53 Å². The van der Waals surface area contributed by atoms with Crippen LogP contribution in [0.1, 0.15) is 27.0 Å². The zero-order valence-electron chi connectivity index (χ0n) is 13.1. The molecule has 0 heterocycles. The van der Waals surface area contributed by atoms with Crippen molar-refractivity contribution in [2.45, 2.75) is 19.7 Å². The maximum absolute atomic E-state index is 11.5. The van der Waals surface area contributed by atoms with Gasteiger partial charge in [0.25, 0.3) is 5.91 Å². The van der Waals surface area contributed by atoms with Gasteiger partial charge in [-0.15, -0.1) is 0 Å². The normalized spacial score (nSPS) is 10.5. The highest BCUT2D eigenvalue weighted by atomic mass is 16.5. The predicted octanol–water partition coefficient (Wildman–Crippen LogP) is 2.48. The Bertz CT molecular complexity index is 609. The lowest BCUT2D eigenvalue weighted by atomic mass is 10.1. The number of carbonyl (C=O) groups excluding carboxylic acids is 1. The number of hydrogen-bond donors (Lipinski definition) is 2. The molecule has 0 aliphatic heterocycles. The first-order valence-corrected chi connectivity index (χ1v) is 7.31. The van der Waals surface area contributed by atoms with Crippen LogP contribution in [0, 0.1) is 0 Å². The molecular weight excluding hydrogens is 276 g/mol. The molecule has 0 bridgehead atoms. The quantitative estimate of drug-likeness (QED) is 0.825. The van der Waals surface area contributed by atoms with Gasteiger partial charge in [-0.25, -0.2) is 0 Å². The van der Waals surface area contributed by atoms with Crippen LogP contribution >= 0.6 is 0 Å². The summed E-state index contributed by atoms with van der Waals surface area (Å²) in [5.74, 6) is -0.0607. The molecule has 2 rings (SSSR count). The monoisotopic (exact) mass is 298 g/mol. The van der Waals surface area contributed by atoms with Crippen molar-refractivity contribution >= 4 is 5.91 Å². The topological polar surface area (TPSA) is 50.4 Å². The number of carbonyl (C=O) groups is 1. The number of methoxy groups -OCH3 is 1. The molecular formula is C18H22N2O2. The van der Waals surface area contributed by atoms with E-state index in [0.29, 0.717) is 12.2 Å². The Morgan fingerprint density at radius 3 is 2.36 bits per heavy atom. The van der Waals surface area contributed by atoms with E-state index in [0.717, 1.165) is 18.7 Å². The molecule has 0 aromatic heterocycles. The number of benzene rings is 2. The fourth-order valence-electron chi connectivity index (χ4n) is 2.27. The van der Waals surface area contributed by atoms with Crippen LogP contribution in [0.4, 0.5) is 0 Å². The molecule has 0 spiro atoms. The molecule has 22 heavy (non-hydrogen) atoms. The lowest BCUT2D eigenvalue weighted by molar-refractivity contribution is 0.0963. The Morgan fingerprint density at radius 1 is 1.00 bits per heavy atom. The van der Waals surface area contributed by atoms with Crippen molar-refractivity contribution in [2.75, 3.05) is 14.2 Å². The van der Waals surface area contributed by atoms with Crippen LogP contribution in [0.2, 0.25) is 0 Å². The summed E-state index contributed by atoms with van der Waals surface area (Å²) in [4.78, 5) is 11.5. The van der Waals surface area contributed by atoms with Crippen LogP contribution in [0.25, 0.3) is 0 Å². The van der Waals surface area contributed by atoms with Gasteiger partial charge >= 0.3 is 0 Å². The molecule has 2 aromatic carbocycles. The van der Waals surface area contributed by atoms with Gasteiger partial charge in [-0.3, -0.25) is 4.79 Å². The average molecular weight is 298 g/mol. The molecule has 2 N–H and O–H groups in total. The number of rotatable bonds is 7. The van der Waals surface area contributed by atoms with Crippen LogP contribution in [0.5, 0.6) is 0 Å². The third-order valence-electron chi connectivity index (χ3n) is 3.40. The molecule has 1 amide bonds. The highest BCUT2D eigenvalue weighted by molar-refractivity contribution is 5.93. The summed E-state index contributed by atoms with van der Waals surface area (Å²) in [5.41, 5.74) is 4.24. The zero-order chi connectivity index (χ0) is 15.8. The average Bonchev–Trinajstić information content (AvgIpc) is 2.55. The number of amides is 1. The SMILES string of the molecule is CNC(=O)c1ccc(CNCc2cccc(COC)c2)cc1. The molecule has 0 aliphatic carbocycles. The maximum atomic E-state index is 11.5. The van der Waals surface area contributed by atoms with Gasteiger partial charge in [-0.05, 0) is 28.8 Å². The van der Waals surface area contributed by atoms with E-state index < -0.39 is 0 Å². The number of hydrogen-bond acceptors (Lipinski definition) is 3. The van der Waals surface area contributed by atoms with Crippen LogP contribution in [0.3, 0.4) is 0 Å². The molecule has 0 radical (unpaired) electrons. The van der Waals surface area contributed by atoms with E-state index in [2.05, 4.69) is 28.8 Å². The minimum atomic E-state index is -0.0607. The highest BCUT2D eigenvalue weighted by Gasteiger charge is 2.02. The molecule has 0 fully saturated rings. The zero-order valence-corrected chi connectivity index (χ0v) is 13.1. The van der Waals surface area contributed by atoms with Gasteiger partial charge in [0, 0.05) is 32.8 Å². The lowest BCUT2D eigenvalue weighted by Gasteiger charge is -2.08. The number of nitrogens with one attached hydrogen (secondary N) is 2. The Kier molecular flexibility index (Phi) is 6.13. The molecule has 0 saturated carbocycles. The largest absolute Gasteiger partial charge is 0.380 e. The van der Waals surface area contributed by atoms with Crippen LogP contribution in [0.15, 0.2) is 48.5 Å². The summed E-state index contributed by atoms with van der Waals surface area (Å²) < 4.78 is 5.14. The van der Waals surface area contributed by atoms with E-state index >= 15 is 0 Å². The Hall–Kier alpha value is -2.17. The van der Waals surface area contributed by atoms with Gasteiger partial charge in [0.05, 0.1) is 6.61 Å². The standard InChI is InChI=1S/C18H22N2O2/c1-19-18(21)17-8-6-14(7-9-17)11-20-12-15-4-3-5-16(10-15)13-22-2/h3-10,20H,11-13H2,1-2H3,(H,19,21). The fourth-order valence-corrected chi connectivity index (χ4v) is 2.27. The van der Waals surface area contributed by atoms with E-state index in [9.17, 15) is 4.79 Å². The van der Waals surface area contributed by atoms with Gasteiger partial charge in [0.2, 0.25) is 0 Å². The predicted molar refractivity (Wildman–Crippen MR) is 87.5 cm³/mol. The van der Waals surface area contributed by atoms with Crippen LogP contribution < -0.4 is 10.6 Å². The summed E-state index contributed by atoms with van der Waals surface area (Å²) in [6.07, 6.45) is 0. The minimum absolute atomic E-state index is 0.0607. The van der Waals surface area contributed by atoms with Gasteiger partial charge in [-0.1, -0.05) is 36.4 Å². The highest BCUT2D eigenvalue weighted by Crippen LogP contribution is 2.08. The third kappa shape index (κ3) is 4.69. The lowest BCUT2D eigenvalue weighted by Crippen LogP contribution is -2.18. The summed E-state index contributed by atoms with van der Waals surface area (Å²) in [6.45, 7) is 2.20. The van der Waals surface area contributed by atoms with E-state index in [1.807, 2.05) is 30.3 Å². The van der Waals surface area contributed by atoms with Crippen LogP contribution in [-0.4, -0.2) is 20.1 Å². The minimum Gasteiger partial charge on any atom is -0.380 e. The molecule has 0 saturated heterocycles. The van der Waals surface area contributed by atoms with Crippen molar-refractivity contribution in [2.24, 2.45) is 0 Å². The summed E-state index contributed by atoms with van der Waals surface area (Å²) in [7, 11) is 3.34. The van der Waals surface area contributed by atoms with E-state index in [-0.39, 0.29) is 5.91 Å². The molecule has 4 nitrogen and oxygen atoms in total. The summed E-state index contributed by atoms with van der Waals surface area (Å²) >= 11 is 0. The molecule has 0 atom stereocenters. The fraction of sp³-hybridized carbons (Fsp3) is 0.278. The van der Waals surface area contributed by atoms with E-state index in [1.165, 1.54) is 11.1 Å². The van der Waals surface area contributed by atoms with Crippen molar-refractivity contribution in [1.29, 1.82) is 0 Å².